The predicted octanol–water partition coefficient (Wildman–Crippen LogP) is 2.11. The minimum Gasteiger partial charge on any atom is -0.481 e. The van der Waals surface area contributed by atoms with Crippen molar-refractivity contribution >= 4 is 17.3 Å². The van der Waals surface area contributed by atoms with Crippen LogP contribution in [0.15, 0.2) is 5.51 Å². The van der Waals surface area contributed by atoms with E-state index in [1.54, 1.807) is 16.8 Å². The molecule has 1 rings (SSSR count). The molecule has 0 aliphatic rings. The van der Waals surface area contributed by atoms with Gasteiger partial charge in [-0.2, -0.15) is 0 Å². The van der Waals surface area contributed by atoms with Crippen LogP contribution in [0.1, 0.15) is 30.3 Å². The molecule has 1 heterocycles. The lowest BCUT2D eigenvalue weighted by Crippen LogP contribution is -1.98. The highest BCUT2D eigenvalue weighted by Gasteiger charge is 2.06. The molecule has 0 aliphatic heterocycles. The molecule has 3 nitrogen and oxygen atoms in total. The summed E-state index contributed by atoms with van der Waals surface area (Å²) in [6, 6.07) is 0. The van der Waals surface area contributed by atoms with E-state index in [0.29, 0.717) is 6.42 Å². The summed E-state index contributed by atoms with van der Waals surface area (Å²) in [4.78, 5) is 15.7. The number of carboxylic acid groups (broad SMARTS) is 1. The van der Waals surface area contributed by atoms with Gasteiger partial charge < -0.3 is 5.11 Å². The molecule has 1 N–H and O–H groups in total. The molecular formula is C9H13NO2S. The van der Waals surface area contributed by atoms with Gasteiger partial charge in [-0.25, -0.2) is 4.98 Å². The Morgan fingerprint density at radius 2 is 2.38 bits per heavy atom. The number of thiazole rings is 1. The summed E-state index contributed by atoms with van der Waals surface area (Å²) in [5.74, 6) is -0.740. The van der Waals surface area contributed by atoms with Gasteiger partial charge in [-0.3, -0.25) is 4.79 Å². The SMILES string of the molecule is CCCc1ncsc1CCC(=O)O. The number of nitrogens with zero attached hydrogens (tertiary/aromatic N) is 1. The summed E-state index contributed by atoms with van der Waals surface area (Å²) in [5.41, 5.74) is 2.87. The summed E-state index contributed by atoms with van der Waals surface area (Å²) in [7, 11) is 0. The van der Waals surface area contributed by atoms with Crippen molar-refractivity contribution in [2.45, 2.75) is 32.6 Å². The molecule has 1 aromatic rings. The summed E-state index contributed by atoms with van der Waals surface area (Å²) >= 11 is 1.56. The van der Waals surface area contributed by atoms with Gasteiger partial charge in [-0.15, -0.1) is 11.3 Å². The van der Waals surface area contributed by atoms with E-state index < -0.39 is 5.97 Å². The highest BCUT2D eigenvalue weighted by Crippen LogP contribution is 2.16. The Hall–Kier alpha value is -0.900. The molecular weight excluding hydrogens is 186 g/mol. The standard InChI is InChI=1S/C9H13NO2S/c1-2-3-7-8(13-6-10-7)4-5-9(11)12/h6H,2-5H2,1H3,(H,11,12). The van der Waals surface area contributed by atoms with Crippen LogP contribution in [-0.4, -0.2) is 16.1 Å². The van der Waals surface area contributed by atoms with Crippen LogP contribution in [0.3, 0.4) is 0 Å². The van der Waals surface area contributed by atoms with E-state index in [-0.39, 0.29) is 6.42 Å². The molecule has 1 aromatic heterocycles. The van der Waals surface area contributed by atoms with Gasteiger partial charge in [0.15, 0.2) is 0 Å². The number of carbonyl (C=O) groups is 1. The van der Waals surface area contributed by atoms with Crippen molar-refractivity contribution in [1.29, 1.82) is 0 Å². The van der Waals surface area contributed by atoms with Gasteiger partial charge in [-0.05, 0) is 12.8 Å². The van der Waals surface area contributed by atoms with Crippen molar-refractivity contribution in [1.82, 2.24) is 4.98 Å². The lowest BCUT2D eigenvalue weighted by Gasteiger charge is -1.97. The summed E-state index contributed by atoms with van der Waals surface area (Å²) < 4.78 is 0. The molecule has 0 unspecified atom stereocenters. The molecule has 0 saturated carbocycles. The minimum absolute atomic E-state index is 0.207. The van der Waals surface area contributed by atoms with Crippen molar-refractivity contribution in [2.75, 3.05) is 0 Å². The van der Waals surface area contributed by atoms with Crippen LogP contribution in [0.4, 0.5) is 0 Å². The minimum atomic E-state index is -0.740. The summed E-state index contributed by atoms with van der Waals surface area (Å²) in [5, 5.41) is 8.52. The maximum atomic E-state index is 10.3. The second-order valence-corrected chi connectivity index (χ2v) is 3.81. The van der Waals surface area contributed by atoms with Crippen molar-refractivity contribution in [2.24, 2.45) is 0 Å². The second-order valence-electron chi connectivity index (χ2n) is 2.87. The Bertz CT molecular complexity index is 283. The molecule has 72 valence electrons. The van der Waals surface area contributed by atoms with Crippen LogP contribution in [-0.2, 0) is 17.6 Å². The fraction of sp³-hybridized carbons (Fsp3) is 0.556. The quantitative estimate of drug-likeness (QED) is 0.790. The lowest BCUT2D eigenvalue weighted by molar-refractivity contribution is -0.136. The van der Waals surface area contributed by atoms with Crippen LogP contribution >= 0.6 is 11.3 Å². The van der Waals surface area contributed by atoms with Gasteiger partial charge in [0.05, 0.1) is 17.6 Å². The number of aryl methyl sites for hydroxylation is 2. The fourth-order valence-electron chi connectivity index (χ4n) is 1.16. The first-order chi connectivity index (χ1) is 6.24. The van der Waals surface area contributed by atoms with Gasteiger partial charge in [0.1, 0.15) is 0 Å². The molecule has 0 amide bonds. The van der Waals surface area contributed by atoms with Crippen molar-refractivity contribution in [3.8, 4) is 0 Å². The first-order valence-electron chi connectivity index (χ1n) is 4.37. The average Bonchev–Trinajstić information content (AvgIpc) is 2.49. The van der Waals surface area contributed by atoms with Crippen LogP contribution in [0.5, 0.6) is 0 Å². The molecule has 0 fully saturated rings. The maximum Gasteiger partial charge on any atom is 0.303 e. The number of aromatic nitrogens is 1. The zero-order valence-corrected chi connectivity index (χ0v) is 8.43. The van der Waals surface area contributed by atoms with Gasteiger partial charge in [0.25, 0.3) is 0 Å². The number of hydrogen-bond acceptors (Lipinski definition) is 3. The van der Waals surface area contributed by atoms with Crippen molar-refractivity contribution < 1.29 is 9.90 Å². The van der Waals surface area contributed by atoms with E-state index in [9.17, 15) is 4.79 Å². The molecule has 0 bridgehead atoms. The van der Waals surface area contributed by atoms with Crippen molar-refractivity contribution in [3.63, 3.8) is 0 Å². The molecule has 0 aromatic carbocycles. The monoisotopic (exact) mass is 199 g/mol. The normalized spacial score (nSPS) is 10.2. The Balaban J connectivity index is 2.54. The average molecular weight is 199 g/mol. The number of aliphatic carboxylic acids is 1. The molecule has 0 saturated heterocycles. The Kier molecular flexibility index (Phi) is 3.89. The van der Waals surface area contributed by atoms with Gasteiger partial charge >= 0.3 is 5.97 Å². The fourth-order valence-corrected chi connectivity index (χ4v) is 1.98. The second kappa shape index (κ2) is 4.97. The van der Waals surface area contributed by atoms with E-state index in [4.69, 9.17) is 5.11 Å². The van der Waals surface area contributed by atoms with Gasteiger partial charge in [-0.1, -0.05) is 13.3 Å². The van der Waals surface area contributed by atoms with Crippen molar-refractivity contribution in [3.05, 3.63) is 16.1 Å². The van der Waals surface area contributed by atoms with Crippen LogP contribution in [0.2, 0.25) is 0 Å². The smallest absolute Gasteiger partial charge is 0.303 e. The molecule has 0 atom stereocenters. The van der Waals surface area contributed by atoms with Crippen LogP contribution in [0.25, 0.3) is 0 Å². The number of carboxylic acids is 1. The Morgan fingerprint density at radius 1 is 1.62 bits per heavy atom. The van der Waals surface area contributed by atoms with Crippen LogP contribution in [0, 0.1) is 0 Å². The molecule has 0 radical (unpaired) electrons. The largest absolute Gasteiger partial charge is 0.481 e. The first-order valence-corrected chi connectivity index (χ1v) is 5.25. The molecule has 4 heteroatoms. The van der Waals surface area contributed by atoms with Gasteiger partial charge in [0, 0.05) is 4.88 Å². The Morgan fingerprint density at radius 3 is 3.00 bits per heavy atom. The molecule has 13 heavy (non-hydrogen) atoms. The highest BCUT2D eigenvalue weighted by atomic mass is 32.1. The topological polar surface area (TPSA) is 50.2 Å². The third-order valence-electron chi connectivity index (χ3n) is 1.78. The van der Waals surface area contributed by atoms with E-state index in [2.05, 4.69) is 11.9 Å². The summed E-state index contributed by atoms with van der Waals surface area (Å²) in [6.45, 7) is 2.10. The third-order valence-corrected chi connectivity index (χ3v) is 2.71. The third kappa shape index (κ3) is 3.14. The Labute approximate surface area is 81.4 Å². The predicted molar refractivity (Wildman–Crippen MR) is 52.1 cm³/mol. The zero-order valence-electron chi connectivity index (χ0n) is 7.62. The number of rotatable bonds is 5. The summed E-state index contributed by atoms with van der Waals surface area (Å²) in [6.07, 6.45) is 2.84. The maximum absolute atomic E-state index is 10.3. The number of hydrogen-bond donors (Lipinski definition) is 1. The van der Waals surface area contributed by atoms with E-state index in [1.807, 2.05) is 0 Å². The zero-order chi connectivity index (χ0) is 9.68. The molecule has 0 spiro atoms. The molecule has 0 aliphatic carbocycles. The van der Waals surface area contributed by atoms with E-state index in [1.165, 1.54) is 0 Å². The van der Waals surface area contributed by atoms with Gasteiger partial charge in [0.2, 0.25) is 0 Å². The first kappa shape index (κ1) is 10.2. The van der Waals surface area contributed by atoms with Crippen LogP contribution < -0.4 is 0 Å². The highest BCUT2D eigenvalue weighted by molar-refractivity contribution is 7.09. The van der Waals surface area contributed by atoms with E-state index >= 15 is 0 Å². The lowest BCUT2D eigenvalue weighted by atomic mass is 10.2. The van der Waals surface area contributed by atoms with E-state index in [0.717, 1.165) is 23.4 Å².